The number of para-hydroxylation sites is 2. The molecule has 0 amide bonds. The molecule has 0 saturated carbocycles. The van der Waals surface area contributed by atoms with Crippen LogP contribution in [-0.4, -0.2) is 17.2 Å². The second-order valence-electron chi connectivity index (χ2n) is 4.10. The van der Waals surface area contributed by atoms with Gasteiger partial charge in [0.05, 0.1) is 0 Å². The summed E-state index contributed by atoms with van der Waals surface area (Å²) in [4.78, 5) is 1.71. The van der Waals surface area contributed by atoms with Gasteiger partial charge < -0.3 is 15.2 Å². The first-order valence-corrected chi connectivity index (χ1v) is 6.10. The summed E-state index contributed by atoms with van der Waals surface area (Å²) in [6.45, 7) is 0. The van der Waals surface area contributed by atoms with E-state index >= 15 is 0 Å². The number of hydrogen-bond donors (Lipinski definition) is 2. The minimum Gasteiger partial charge on any atom is -0.428 e. The predicted molar refractivity (Wildman–Crippen MR) is 79.2 cm³/mol. The zero-order chi connectivity index (χ0) is 12.5. The number of fused-ring (bicyclic) bond motifs is 1. The van der Waals surface area contributed by atoms with Crippen molar-refractivity contribution in [1.29, 1.82) is 0 Å². The SMILES string of the molecule is OB1c2ccccc2NC(=S)N1c1ccccc1. The standard InChI is InChI=1S/C13H11BN2OS/c17-14-11-8-4-5-9-12(11)15-13(18)16(14)10-6-2-1-3-7-10/h1-9,17H,(H,15,18). The first-order valence-electron chi connectivity index (χ1n) is 5.69. The Balaban J connectivity index is 2.06. The normalized spacial score (nSPS) is 14.2. The smallest absolute Gasteiger partial charge is 0.428 e. The molecule has 1 aliphatic rings. The lowest BCUT2D eigenvalue weighted by molar-refractivity contribution is 0.586. The first kappa shape index (κ1) is 11.3. The number of anilines is 2. The van der Waals surface area contributed by atoms with E-state index in [1.165, 1.54) is 0 Å². The van der Waals surface area contributed by atoms with Gasteiger partial charge in [-0.1, -0.05) is 36.4 Å². The van der Waals surface area contributed by atoms with E-state index in [-0.39, 0.29) is 0 Å². The summed E-state index contributed by atoms with van der Waals surface area (Å²) in [5.41, 5.74) is 2.56. The van der Waals surface area contributed by atoms with Gasteiger partial charge in [0.25, 0.3) is 0 Å². The molecule has 2 aromatic rings. The molecule has 0 aliphatic carbocycles. The fourth-order valence-electron chi connectivity index (χ4n) is 2.11. The Morgan fingerprint density at radius 1 is 1.00 bits per heavy atom. The van der Waals surface area contributed by atoms with Crippen molar-refractivity contribution in [2.75, 3.05) is 10.1 Å². The molecule has 18 heavy (non-hydrogen) atoms. The van der Waals surface area contributed by atoms with Gasteiger partial charge in [-0.3, -0.25) is 0 Å². The minimum atomic E-state index is -0.752. The molecule has 2 N–H and O–H groups in total. The fourth-order valence-corrected chi connectivity index (χ4v) is 2.42. The number of hydrogen-bond acceptors (Lipinski definition) is 2. The Morgan fingerprint density at radius 2 is 1.67 bits per heavy atom. The van der Waals surface area contributed by atoms with Gasteiger partial charge >= 0.3 is 7.05 Å². The van der Waals surface area contributed by atoms with Gasteiger partial charge in [0.15, 0.2) is 5.11 Å². The average molecular weight is 254 g/mol. The number of thiocarbonyl (C=S) groups is 1. The second-order valence-corrected chi connectivity index (χ2v) is 4.48. The summed E-state index contributed by atoms with van der Waals surface area (Å²) < 4.78 is 0. The van der Waals surface area contributed by atoms with E-state index in [4.69, 9.17) is 12.2 Å². The largest absolute Gasteiger partial charge is 0.457 e. The first-order chi connectivity index (χ1) is 8.77. The molecule has 1 heterocycles. The van der Waals surface area contributed by atoms with E-state index in [0.717, 1.165) is 16.8 Å². The monoisotopic (exact) mass is 254 g/mol. The lowest BCUT2D eigenvalue weighted by Crippen LogP contribution is -2.58. The van der Waals surface area contributed by atoms with E-state index < -0.39 is 7.05 Å². The van der Waals surface area contributed by atoms with Gasteiger partial charge in [0.1, 0.15) is 0 Å². The molecule has 0 aromatic heterocycles. The van der Waals surface area contributed by atoms with Crippen LogP contribution < -0.4 is 15.6 Å². The van der Waals surface area contributed by atoms with E-state index in [2.05, 4.69) is 5.32 Å². The van der Waals surface area contributed by atoms with Gasteiger partial charge in [-0.05, 0) is 35.9 Å². The molecular formula is C13H11BN2OS. The molecule has 3 nitrogen and oxygen atoms in total. The molecule has 0 bridgehead atoms. The van der Waals surface area contributed by atoms with Crippen LogP contribution in [0.2, 0.25) is 0 Å². The van der Waals surface area contributed by atoms with Crippen LogP contribution in [0.4, 0.5) is 11.4 Å². The van der Waals surface area contributed by atoms with E-state index in [1.54, 1.807) is 4.81 Å². The molecule has 5 heteroatoms. The molecule has 3 rings (SSSR count). The van der Waals surface area contributed by atoms with E-state index in [0.29, 0.717) is 5.11 Å². The quantitative estimate of drug-likeness (QED) is 0.598. The summed E-state index contributed by atoms with van der Waals surface area (Å²) in [7, 11) is -0.752. The topological polar surface area (TPSA) is 35.5 Å². The summed E-state index contributed by atoms with van der Waals surface area (Å²) in [5.74, 6) is 0. The Kier molecular flexibility index (Phi) is 2.78. The highest BCUT2D eigenvalue weighted by Crippen LogP contribution is 2.21. The number of rotatable bonds is 1. The predicted octanol–water partition coefficient (Wildman–Crippen LogP) is 1.59. The Morgan fingerprint density at radius 3 is 2.44 bits per heavy atom. The summed E-state index contributed by atoms with van der Waals surface area (Å²) >= 11 is 5.32. The Labute approximate surface area is 111 Å². The van der Waals surface area contributed by atoms with Crippen molar-refractivity contribution in [2.24, 2.45) is 0 Å². The van der Waals surface area contributed by atoms with Crippen molar-refractivity contribution >= 4 is 41.2 Å². The molecule has 0 atom stereocenters. The molecule has 88 valence electrons. The average Bonchev–Trinajstić information content (AvgIpc) is 2.40. The zero-order valence-corrected chi connectivity index (χ0v) is 10.4. The Bertz CT molecular complexity index is 591. The maximum Gasteiger partial charge on any atom is 0.457 e. The molecule has 0 radical (unpaired) electrons. The maximum atomic E-state index is 10.4. The number of benzene rings is 2. The fraction of sp³-hybridized carbons (Fsp3) is 0. The second kappa shape index (κ2) is 4.44. The zero-order valence-electron chi connectivity index (χ0n) is 9.58. The van der Waals surface area contributed by atoms with Crippen LogP contribution in [-0.2, 0) is 0 Å². The van der Waals surface area contributed by atoms with Gasteiger partial charge in [-0.15, -0.1) is 0 Å². The highest BCUT2D eigenvalue weighted by molar-refractivity contribution is 7.81. The lowest BCUT2D eigenvalue weighted by atomic mass is 9.69. The van der Waals surface area contributed by atoms with Crippen LogP contribution in [0.25, 0.3) is 0 Å². The molecule has 2 aromatic carbocycles. The van der Waals surface area contributed by atoms with Crippen molar-refractivity contribution in [3.63, 3.8) is 0 Å². The van der Waals surface area contributed by atoms with Crippen LogP contribution in [0.3, 0.4) is 0 Å². The van der Waals surface area contributed by atoms with Crippen molar-refractivity contribution in [1.82, 2.24) is 0 Å². The van der Waals surface area contributed by atoms with Crippen LogP contribution >= 0.6 is 12.2 Å². The molecule has 0 saturated heterocycles. The number of nitrogens with zero attached hydrogens (tertiary/aromatic N) is 1. The third-order valence-electron chi connectivity index (χ3n) is 2.98. The van der Waals surface area contributed by atoms with Crippen molar-refractivity contribution in [3.05, 3.63) is 54.6 Å². The van der Waals surface area contributed by atoms with Gasteiger partial charge in [0.2, 0.25) is 0 Å². The van der Waals surface area contributed by atoms with Gasteiger partial charge in [0, 0.05) is 11.4 Å². The molecule has 0 fully saturated rings. The van der Waals surface area contributed by atoms with Crippen molar-refractivity contribution < 1.29 is 5.02 Å². The van der Waals surface area contributed by atoms with Crippen LogP contribution in [0.5, 0.6) is 0 Å². The van der Waals surface area contributed by atoms with Crippen LogP contribution in [0.15, 0.2) is 54.6 Å². The highest BCUT2D eigenvalue weighted by atomic mass is 32.1. The van der Waals surface area contributed by atoms with E-state index in [9.17, 15) is 5.02 Å². The van der Waals surface area contributed by atoms with E-state index in [1.807, 2.05) is 54.6 Å². The van der Waals surface area contributed by atoms with Crippen LogP contribution in [0.1, 0.15) is 0 Å². The molecule has 1 aliphatic heterocycles. The lowest BCUT2D eigenvalue weighted by Gasteiger charge is -2.34. The summed E-state index contributed by atoms with van der Waals surface area (Å²) in [6.07, 6.45) is 0. The highest BCUT2D eigenvalue weighted by Gasteiger charge is 2.34. The third kappa shape index (κ3) is 1.77. The minimum absolute atomic E-state index is 0.507. The molecule has 0 spiro atoms. The summed E-state index contributed by atoms with van der Waals surface area (Å²) in [6, 6.07) is 17.2. The third-order valence-corrected chi connectivity index (χ3v) is 3.28. The van der Waals surface area contributed by atoms with Gasteiger partial charge in [-0.2, -0.15) is 0 Å². The molecular weight excluding hydrogens is 243 g/mol. The van der Waals surface area contributed by atoms with Crippen molar-refractivity contribution in [3.8, 4) is 0 Å². The van der Waals surface area contributed by atoms with Crippen LogP contribution in [0, 0.1) is 0 Å². The molecule has 0 unspecified atom stereocenters. The maximum absolute atomic E-state index is 10.4. The summed E-state index contributed by atoms with van der Waals surface area (Å²) in [5, 5.41) is 14.1. The number of nitrogens with one attached hydrogen (secondary N) is 1. The van der Waals surface area contributed by atoms with Crippen molar-refractivity contribution in [2.45, 2.75) is 0 Å². The van der Waals surface area contributed by atoms with Gasteiger partial charge in [-0.25, -0.2) is 0 Å². The Hall–Kier alpha value is -1.85.